The fourth-order valence-corrected chi connectivity index (χ4v) is 10.5. The lowest BCUT2D eigenvalue weighted by Gasteiger charge is -2.35. The zero-order valence-electron chi connectivity index (χ0n) is 30.6. The van der Waals surface area contributed by atoms with Crippen LogP contribution in [0.25, 0.3) is 10.9 Å². The van der Waals surface area contributed by atoms with Gasteiger partial charge in [-0.25, -0.2) is 4.79 Å². The van der Waals surface area contributed by atoms with Gasteiger partial charge in [0, 0.05) is 44.5 Å². The van der Waals surface area contributed by atoms with Crippen molar-refractivity contribution in [1.82, 2.24) is 19.8 Å². The fourth-order valence-electron chi connectivity index (χ4n) is 10.5. The first-order valence-electron chi connectivity index (χ1n) is 19.0. The van der Waals surface area contributed by atoms with Crippen LogP contribution >= 0.6 is 0 Å². The number of piperidine rings is 1. The maximum absolute atomic E-state index is 12.2. The number of rotatable bonds is 7. The quantitative estimate of drug-likeness (QED) is 0.258. The van der Waals surface area contributed by atoms with Gasteiger partial charge in [0.2, 0.25) is 0 Å². The number of aromatic nitrogens is 2. The molecule has 4 fully saturated rings. The molecule has 8 rings (SSSR count). The molecule has 8 nitrogen and oxygen atoms in total. The lowest BCUT2D eigenvalue weighted by molar-refractivity contribution is 0.0484. The Labute approximate surface area is 292 Å². The largest absolute Gasteiger partial charge is 0.461 e. The Hall–Kier alpha value is -3.39. The summed E-state index contributed by atoms with van der Waals surface area (Å²) in [5, 5.41) is 1.16. The molecule has 262 valence electrons. The van der Waals surface area contributed by atoms with E-state index in [0.29, 0.717) is 31.1 Å². The van der Waals surface area contributed by atoms with Crippen LogP contribution in [0, 0.1) is 38.5 Å². The van der Waals surface area contributed by atoms with Crippen molar-refractivity contribution in [3.05, 3.63) is 57.6 Å². The van der Waals surface area contributed by atoms with Crippen molar-refractivity contribution >= 4 is 22.8 Å². The minimum absolute atomic E-state index is 0.0634. The number of amides is 1. The van der Waals surface area contributed by atoms with Crippen molar-refractivity contribution in [2.45, 2.75) is 103 Å². The smallest absolute Gasteiger partial charge is 0.409 e. The Kier molecular flexibility index (Phi) is 8.53. The number of anilines is 1. The second kappa shape index (κ2) is 12.7. The maximum atomic E-state index is 12.2. The number of carbonyl (C=O) groups excluding carboxylic acids is 1. The molecule has 8 heteroatoms. The summed E-state index contributed by atoms with van der Waals surface area (Å²) < 4.78 is 12.4. The molecule has 4 heterocycles. The topological polar surface area (TPSA) is 71.0 Å². The van der Waals surface area contributed by atoms with Gasteiger partial charge in [0.05, 0.1) is 11.1 Å². The van der Waals surface area contributed by atoms with Crippen molar-refractivity contribution in [2.75, 3.05) is 51.8 Å². The zero-order valence-corrected chi connectivity index (χ0v) is 30.6. The highest BCUT2D eigenvalue weighted by molar-refractivity contribution is 5.93. The summed E-state index contributed by atoms with van der Waals surface area (Å²) >= 11 is 0. The molecule has 3 aromatic rings. The van der Waals surface area contributed by atoms with Crippen molar-refractivity contribution < 1.29 is 14.3 Å². The molecule has 49 heavy (non-hydrogen) atoms. The summed E-state index contributed by atoms with van der Waals surface area (Å²) in [6.45, 7) is 13.4. The Morgan fingerprint density at radius 1 is 0.980 bits per heavy atom. The number of hydrogen-bond acceptors (Lipinski definition) is 7. The van der Waals surface area contributed by atoms with E-state index >= 15 is 0 Å². The van der Waals surface area contributed by atoms with E-state index < -0.39 is 0 Å². The molecule has 1 saturated carbocycles. The highest BCUT2D eigenvalue weighted by Crippen LogP contribution is 2.46. The monoisotopic (exact) mass is 665 g/mol. The van der Waals surface area contributed by atoms with Crippen molar-refractivity contribution in [1.29, 1.82) is 0 Å². The Morgan fingerprint density at radius 3 is 2.55 bits per heavy atom. The molecular formula is C41H55N5O3. The second-order valence-corrected chi connectivity index (χ2v) is 16.6. The van der Waals surface area contributed by atoms with Gasteiger partial charge in [0.15, 0.2) is 0 Å². The molecular weight excluding hydrogens is 610 g/mol. The third-order valence-corrected chi connectivity index (χ3v) is 13.1. The number of aryl methyl sites for hydroxylation is 2. The number of benzene rings is 2. The van der Waals surface area contributed by atoms with Crippen LogP contribution in [0.5, 0.6) is 6.01 Å². The van der Waals surface area contributed by atoms with E-state index in [-0.39, 0.29) is 17.7 Å². The summed E-state index contributed by atoms with van der Waals surface area (Å²) in [6.07, 6.45) is 10.3. The Balaban J connectivity index is 1.14. The highest BCUT2D eigenvalue weighted by Gasteiger charge is 2.50. The number of fused-ring (bicyclic) bond motifs is 5. The Bertz CT molecular complexity index is 1740. The van der Waals surface area contributed by atoms with E-state index in [1.807, 2.05) is 0 Å². The van der Waals surface area contributed by atoms with Gasteiger partial charge >= 0.3 is 12.1 Å². The molecule has 6 atom stereocenters. The van der Waals surface area contributed by atoms with Gasteiger partial charge in [-0.2, -0.15) is 9.97 Å². The molecule has 2 aliphatic carbocycles. The van der Waals surface area contributed by atoms with Crippen LogP contribution in [0.3, 0.4) is 0 Å². The standard InChI is InChI=1S/C41H55N5O3/c1-25-18-31-11-8-26(2)27(3)36(31)35(19-25)33-12-13-34-37(28(33)4)42-39(43-38(34)45-21-29-9-10-30(20-29)22-45)49-24-41-15-7-17-46(41)32(14-16-41)23-48-40(47)44(5)6/h8,11-13,25,29-30,32,35H,7,9-10,14-24H2,1-6H3/t25-,29?,30?,32?,35+,41?/m1/s1. The van der Waals surface area contributed by atoms with Crippen molar-refractivity contribution in [2.24, 2.45) is 17.8 Å². The summed E-state index contributed by atoms with van der Waals surface area (Å²) in [4.78, 5) is 29.3. The normalized spacial score (nSPS) is 29.3. The van der Waals surface area contributed by atoms with Crippen LogP contribution in [0.2, 0.25) is 0 Å². The lowest BCUT2D eigenvalue weighted by Crippen LogP contribution is -2.48. The molecule has 0 spiro atoms. The summed E-state index contributed by atoms with van der Waals surface area (Å²) in [5.41, 5.74) is 9.50. The first-order chi connectivity index (χ1) is 23.6. The molecule has 3 aliphatic heterocycles. The minimum Gasteiger partial charge on any atom is -0.461 e. The van der Waals surface area contributed by atoms with Gasteiger partial charge in [0.25, 0.3) is 0 Å². The number of hydrogen-bond donors (Lipinski definition) is 0. The van der Waals surface area contributed by atoms with E-state index in [1.54, 1.807) is 14.1 Å². The van der Waals surface area contributed by atoms with Crippen LogP contribution < -0.4 is 9.64 Å². The number of nitrogens with zero attached hydrogens (tertiary/aromatic N) is 5. The van der Waals surface area contributed by atoms with E-state index in [2.05, 4.69) is 61.8 Å². The predicted octanol–water partition coefficient (Wildman–Crippen LogP) is 7.58. The molecule has 2 bridgehead atoms. The van der Waals surface area contributed by atoms with Crippen LogP contribution in [-0.4, -0.2) is 84.4 Å². The van der Waals surface area contributed by atoms with E-state index in [4.69, 9.17) is 19.4 Å². The molecule has 0 radical (unpaired) electrons. The van der Waals surface area contributed by atoms with Gasteiger partial charge in [-0.3, -0.25) is 4.90 Å². The number of ether oxygens (including phenoxy) is 2. The van der Waals surface area contributed by atoms with Crippen LogP contribution in [0.15, 0.2) is 24.3 Å². The van der Waals surface area contributed by atoms with E-state index in [9.17, 15) is 4.79 Å². The average Bonchev–Trinajstić information content (AvgIpc) is 3.76. The minimum atomic E-state index is -0.276. The third-order valence-electron chi connectivity index (χ3n) is 13.1. The maximum Gasteiger partial charge on any atom is 0.409 e. The fraction of sp³-hybridized carbons (Fsp3) is 0.634. The van der Waals surface area contributed by atoms with Gasteiger partial charge in [-0.15, -0.1) is 0 Å². The molecule has 3 saturated heterocycles. The van der Waals surface area contributed by atoms with E-state index in [1.165, 1.54) is 57.5 Å². The summed E-state index contributed by atoms with van der Waals surface area (Å²) in [7, 11) is 3.47. The zero-order chi connectivity index (χ0) is 34.0. The Morgan fingerprint density at radius 2 is 1.78 bits per heavy atom. The highest BCUT2D eigenvalue weighted by atomic mass is 16.6. The number of carbonyl (C=O) groups is 1. The third kappa shape index (κ3) is 5.86. The molecule has 2 aromatic carbocycles. The molecule has 5 aliphatic rings. The van der Waals surface area contributed by atoms with Gasteiger partial charge in [0.1, 0.15) is 19.0 Å². The van der Waals surface area contributed by atoms with Crippen LogP contribution in [0.4, 0.5) is 10.6 Å². The van der Waals surface area contributed by atoms with Gasteiger partial charge in [-0.1, -0.05) is 25.1 Å². The first kappa shape index (κ1) is 32.8. The molecule has 0 N–H and O–H groups in total. The van der Waals surface area contributed by atoms with Crippen LogP contribution in [0.1, 0.15) is 97.6 Å². The molecule has 4 unspecified atom stereocenters. The SMILES string of the molecule is Cc1ccc2c(c1C)[C@H](c1ccc3c(N4CC5CCC(C5)C4)nc(OCC45CCCN4C(COC(=O)N(C)C)CC5)nc3c1C)C[C@H](C)C2. The second-order valence-electron chi connectivity index (χ2n) is 16.6. The average molecular weight is 666 g/mol. The predicted molar refractivity (Wildman–Crippen MR) is 195 cm³/mol. The van der Waals surface area contributed by atoms with Gasteiger partial charge in [-0.05, 0) is 142 Å². The molecule has 1 amide bonds. The summed E-state index contributed by atoms with van der Waals surface area (Å²) in [6, 6.07) is 10.1. The van der Waals surface area contributed by atoms with Crippen molar-refractivity contribution in [3.63, 3.8) is 0 Å². The van der Waals surface area contributed by atoms with Gasteiger partial charge < -0.3 is 19.3 Å². The first-order valence-corrected chi connectivity index (χ1v) is 19.0. The van der Waals surface area contributed by atoms with E-state index in [0.717, 1.165) is 86.7 Å². The lowest BCUT2D eigenvalue weighted by atomic mass is 9.71. The summed E-state index contributed by atoms with van der Waals surface area (Å²) in [5.74, 6) is 3.55. The van der Waals surface area contributed by atoms with Crippen molar-refractivity contribution in [3.8, 4) is 6.01 Å². The molecule has 1 aromatic heterocycles. The van der Waals surface area contributed by atoms with Crippen LogP contribution in [-0.2, 0) is 11.2 Å².